The number of halogens is 1. The van der Waals surface area contributed by atoms with Gasteiger partial charge in [-0.15, -0.1) is 10.2 Å². The van der Waals surface area contributed by atoms with Crippen molar-refractivity contribution in [2.45, 2.75) is 6.54 Å². The number of tetrazole rings is 1. The normalized spacial score (nSPS) is 10.5. The molecule has 1 aromatic heterocycles. The zero-order valence-corrected chi connectivity index (χ0v) is 12.4. The molecule has 0 aliphatic rings. The van der Waals surface area contributed by atoms with E-state index in [-0.39, 0.29) is 18.2 Å². The minimum absolute atomic E-state index is 0.127. The molecule has 0 radical (unpaired) electrons. The number of benzene rings is 2. The van der Waals surface area contributed by atoms with Crippen LogP contribution in [0.2, 0.25) is 0 Å². The standard InChI is InChI=1S/C16H13FN4O3/c17-13-7-3-1-5-11(13)9-21-19-16(18-20-21)12-6-2-4-8-14(12)24-10-15(22)23/h1-8H,9-10H2,(H,22,23)/p-1. The van der Waals surface area contributed by atoms with Crippen LogP contribution in [0.1, 0.15) is 5.56 Å². The lowest BCUT2D eigenvalue weighted by atomic mass is 10.2. The third-order valence-electron chi connectivity index (χ3n) is 3.20. The maximum atomic E-state index is 13.7. The van der Waals surface area contributed by atoms with E-state index >= 15 is 0 Å². The molecule has 0 spiro atoms. The Labute approximate surface area is 136 Å². The van der Waals surface area contributed by atoms with Crippen molar-refractivity contribution in [1.82, 2.24) is 20.2 Å². The fourth-order valence-corrected chi connectivity index (χ4v) is 2.11. The third-order valence-corrected chi connectivity index (χ3v) is 3.20. The molecule has 0 amide bonds. The van der Waals surface area contributed by atoms with Crippen molar-refractivity contribution in [2.75, 3.05) is 6.61 Å². The highest BCUT2D eigenvalue weighted by atomic mass is 19.1. The van der Waals surface area contributed by atoms with E-state index in [1.165, 1.54) is 10.9 Å². The number of para-hydroxylation sites is 1. The molecule has 0 saturated carbocycles. The summed E-state index contributed by atoms with van der Waals surface area (Å²) in [5.74, 6) is -1.14. The highest BCUT2D eigenvalue weighted by Gasteiger charge is 2.12. The van der Waals surface area contributed by atoms with Crippen molar-refractivity contribution in [3.05, 3.63) is 59.9 Å². The van der Waals surface area contributed by atoms with Gasteiger partial charge in [-0.25, -0.2) is 4.39 Å². The maximum Gasteiger partial charge on any atom is 0.208 e. The van der Waals surface area contributed by atoms with Crippen LogP contribution in [0.5, 0.6) is 5.75 Å². The molecule has 0 unspecified atom stereocenters. The largest absolute Gasteiger partial charge is 0.546 e. The number of rotatable bonds is 6. The fourth-order valence-electron chi connectivity index (χ4n) is 2.11. The number of carboxylic acid groups (broad SMARTS) is 1. The quantitative estimate of drug-likeness (QED) is 0.660. The number of ether oxygens (including phenoxy) is 1. The summed E-state index contributed by atoms with van der Waals surface area (Å²) in [6.45, 7) is -0.456. The average Bonchev–Trinajstić information content (AvgIpc) is 3.04. The van der Waals surface area contributed by atoms with Gasteiger partial charge in [-0.1, -0.05) is 30.3 Å². The van der Waals surface area contributed by atoms with E-state index in [1.54, 1.807) is 42.5 Å². The summed E-state index contributed by atoms with van der Waals surface area (Å²) in [6, 6.07) is 13.0. The summed E-state index contributed by atoms with van der Waals surface area (Å²) in [4.78, 5) is 11.8. The smallest absolute Gasteiger partial charge is 0.208 e. The summed E-state index contributed by atoms with van der Waals surface area (Å²) < 4.78 is 18.8. The fraction of sp³-hybridized carbons (Fsp3) is 0.125. The van der Waals surface area contributed by atoms with Crippen molar-refractivity contribution in [2.24, 2.45) is 0 Å². The van der Waals surface area contributed by atoms with E-state index in [4.69, 9.17) is 4.74 Å². The van der Waals surface area contributed by atoms with Crippen LogP contribution in [0.15, 0.2) is 48.5 Å². The summed E-state index contributed by atoms with van der Waals surface area (Å²) in [6.07, 6.45) is 0. The first-order chi connectivity index (χ1) is 11.6. The van der Waals surface area contributed by atoms with E-state index in [2.05, 4.69) is 15.4 Å². The molecule has 0 bridgehead atoms. The van der Waals surface area contributed by atoms with Crippen LogP contribution >= 0.6 is 0 Å². The van der Waals surface area contributed by atoms with E-state index in [0.717, 1.165) is 0 Å². The van der Waals surface area contributed by atoms with Crippen LogP contribution in [0.3, 0.4) is 0 Å². The van der Waals surface area contributed by atoms with Crippen molar-refractivity contribution in [3.63, 3.8) is 0 Å². The van der Waals surface area contributed by atoms with Gasteiger partial charge in [0.1, 0.15) is 18.2 Å². The Hall–Kier alpha value is -3.29. The molecule has 0 atom stereocenters. The Morgan fingerprint density at radius 3 is 2.71 bits per heavy atom. The molecule has 0 fully saturated rings. The Bertz CT molecular complexity index is 866. The van der Waals surface area contributed by atoms with Gasteiger partial charge in [-0.3, -0.25) is 0 Å². The van der Waals surface area contributed by atoms with E-state index in [0.29, 0.717) is 16.9 Å². The molecule has 0 aliphatic heterocycles. The second-order valence-electron chi connectivity index (χ2n) is 4.89. The summed E-state index contributed by atoms with van der Waals surface area (Å²) in [5.41, 5.74) is 0.918. The van der Waals surface area contributed by atoms with Gasteiger partial charge >= 0.3 is 0 Å². The molecular weight excluding hydrogens is 315 g/mol. The predicted molar refractivity (Wildman–Crippen MR) is 79.3 cm³/mol. The number of hydrogen-bond acceptors (Lipinski definition) is 6. The number of carbonyl (C=O) groups excluding carboxylic acids is 1. The zero-order valence-electron chi connectivity index (χ0n) is 12.4. The van der Waals surface area contributed by atoms with Gasteiger partial charge in [0, 0.05) is 5.56 Å². The van der Waals surface area contributed by atoms with Gasteiger partial charge < -0.3 is 14.6 Å². The van der Waals surface area contributed by atoms with Crippen LogP contribution < -0.4 is 9.84 Å². The lowest BCUT2D eigenvalue weighted by molar-refractivity contribution is -0.307. The van der Waals surface area contributed by atoms with Crippen molar-refractivity contribution in [1.29, 1.82) is 0 Å². The molecule has 2 aromatic carbocycles. The number of aliphatic carboxylic acids is 1. The number of aromatic nitrogens is 4. The summed E-state index contributed by atoms with van der Waals surface area (Å²) in [5, 5.41) is 22.5. The highest BCUT2D eigenvalue weighted by Crippen LogP contribution is 2.26. The molecule has 24 heavy (non-hydrogen) atoms. The first-order valence-corrected chi connectivity index (χ1v) is 7.07. The Balaban J connectivity index is 1.83. The van der Waals surface area contributed by atoms with Gasteiger partial charge in [-0.2, -0.15) is 4.80 Å². The molecule has 3 aromatic rings. The zero-order chi connectivity index (χ0) is 16.9. The van der Waals surface area contributed by atoms with Crippen LogP contribution in [-0.2, 0) is 11.3 Å². The molecule has 0 N–H and O–H groups in total. The highest BCUT2D eigenvalue weighted by molar-refractivity contribution is 5.68. The van der Waals surface area contributed by atoms with Gasteiger partial charge in [0.05, 0.1) is 18.1 Å². The predicted octanol–water partition coefficient (Wildman–Crippen LogP) is 0.656. The van der Waals surface area contributed by atoms with Gasteiger partial charge in [0.15, 0.2) is 0 Å². The second kappa shape index (κ2) is 6.86. The minimum Gasteiger partial charge on any atom is -0.546 e. The van der Waals surface area contributed by atoms with Crippen LogP contribution in [-0.4, -0.2) is 32.8 Å². The van der Waals surface area contributed by atoms with Crippen LogP contribution in [0.25, 0.3) is 11.4 Å². The molecule has 1 heterocycles. The van der Waals surface area contributed by atoms with Crippen molar-refractivity contribution in [3.8, 4) is 17.1 Å². The third kappa shape index (κ3) is 3.54. The summed E-state index contributed by atoms with van der Waals surface area (Å²) in [7, 11) is 0. The first kappa shape index (κ1) is 15.6. The molecule has 8 heteroatoms. The number of carboxylic acids is 1. The average molecular weight is 327 g/mol. The number of nitrogens with zero attached hydrogens (tertiary/aromatic N) is 4. The van der Waals surface area contributed by atoms with E-state index < -0.39 is 12.6 Å². The molecule has 0 saturated heterocycles. The van der Waals surface area contributed by atoms with Gasteiger partial charge in [-0.05, 0) is 23.4 Å². The Morgan fingerprint density at radius 2 is 1.92 bits per heavy atom. The lowest BCUT2D eigenvalue weighted by Gasteiger charge is -2.09. The number of hydrogen-bond donors (Lipinski definition) is 0. The van der Waals surface area contributed by atoms with E-state index in [9.17, 15) is 14.3 Å². The van der Waals surface area contributed by atoms with E-state index in [1.807, 2.05) is 0 Å². The Morgan fingerprint density at radius 1 is 1.17 bits per heavy atom. The summed E-state index contributed by atoms with van der Waals surface area (Å²) >= 11 is 0. The minimum atomic E-state index is -1.33. The van der Waals surface area contributed by atoms with Crippen molar-refractivity contribution >= 4 is 5.97 Å². The molecular formula is C16H12FN4O3-. The van der Waals surface area contributed by atoms with Gasteiger partial charge in [0.25, 0.3) is 0 Å². The van der Waals surface area contributed by atoms with Crippen molar-refractivity contribution < 1.29 is 19.0 Å². The topological polar surface area (TPSA) is 93.0 Å². The lowest BCUT2D eigenvalue weighted by Crippen LogP contribution is -2.29. The molecule has 122 valence electrons. The second-order valence-corrected chi connectivity index (χ2v) is 4.89. The SMILES string of the molecule is O=C([O-])COc1ccccc1-c1nnn(Cc2ccccc2F)n1. The maximum absolute atomic E-state index is 13.7. The molecule has 3 rings (SSSR count). The molecule has 7 nitrogen and oxygen atoms in total. The Kier molecular flexibility index (Phi) is 4.46. The number of carbonyl (C=O) groups is 1. The first-order valence-electron chi connectivity index (χ1n) is 7.07. The molecule has 0 aliphatic carbocycles. The van der Waals surface area contributed by atoms with Crippen LogP contribution in [0.4, 0.5) is 4.39 Å². The van der Waals surface area contributed by atoms with Crippen LogP contribution in [0, 0.1) is 5.82 Å². The monoisotopic (exact) mass is 327 g/mol. The van der Waals surface area contributed by atoms with Gasteiger partial charge in [0.2, 0.25) is 5.82 Å².